The zero-order valence-electron chi connectivity index (χ0n) is 11.1. The van der Waals surface area contributed by atoms with Gasteiger partial charge in [0.15, 0.2) is 0 Å². The number of hydrogen-bond donors (Lipinski definition) is 1. The molecule has 1 heterocycles. The maximum Gasteiger partial charge on any atom is 0.119 e. The predicted molar refractivity (Wildman–Crippen MR) is 74.7 cm³/mol. The third-order valence-electron chi connectivity index (χ3n) is 3.50. The van der Waals surface area contributed by atoms with Gasteiger partial charge in [0.2, 0.25) is 0 Å². The molecule has 0 saturated carbocycles. The van der Waals surface area contributed by atoms with E-state index in [4.69, 9.17) is 10.5 Å². The molecule has 1 fully saturated rings. The van der Waals surface area contributed by atoms with Gasteiger partial charge >= 0.3 is 0 Å². The molecule has 1 aliphatic rings. The summed E-state index contributed by atoms with van der Waals surface area (Å²) in [7, 11) is 0. The van der Waals surface area contributed by atoms with Crippen LogP contribution in [0.5, 0.6) is 5.75 Å². The minimum atomic E-state index is 0.592. The molecule has 1 aromatic carbocycles. The summed E-state index contributed by atoms with van der Waals surface area (Å²) >= 11 is 0. The Hall–Kier alpha value is -1.06. The van der Waals surface area contributed by atoms with Gasteiger partial charge in [-0.1, -0.05) is 18.6 Å². The van der Waals surface area contributed by atoms with E-state index in [0.717, 1.165) is 24.3 Å². The molecule has 0 amide bonds. The molecule has 0 aliphatic carbocycles. The Kier molecular flexibility index (Phi) is 5.49. The second-order valence-corrected chi connectivity index (χ2v) is 4.95. The summed E-state index contributed by atoms with van der Waals surface area (Å²) in [6.45, 7) is 5.10. The normalized spacial score (nSPS) is 16.7. The van der Waals surface area contributed by atoms with Crippen molar-refractivity contribution in [2.75, 3.05) is 26.2 Å². The fourth-order valence-corrected chi connectivity index (χ4v) is 2.38. The summed E-state index contributed by atoms with van der Waals surface area (Å²) in [5.74, 6) is 0.950. The van der Waals surface area contributed by atoms with Crippen LogP contribution in [-0.2, 0) is 6.54 Å². The second kappa shape index (κ2) is 7.39. The van der Waals surface area contributed by atoms with E-state index in [0.29, 0.717) is 6.54 Å². The largest absolute Gasteiger partial charge is 0.494 e. The molecule has 0 unspecified atom stereocenters. The Balaban J connectivity index is 1.62. The van der Waals surface area contributed by atoms with Crippen LogP contribution in [-0.4, -0.2) is 31.1 Å². The Morgan fingerprint density at radius 3 is 2.44 bits per heavy atom. The molecule has 1 aliphatic heterocycles. The third-order valence-corrected chi connectivity index (χ3v) is 3.50. The molecule has 0 aromatic heterocycles. The van der Waals surface area contributed by atoms with Crippen LogP contribution in [0.3, 0.4) is 0 Å². The first kappa shape index (κ1) is 13.4. The van der Waals surface area contributed by atoms with Gasteiger partial charge in [-0.25, -0.2) is 0 Å². The van der Waals surface area contributed by atoms with Crippen molar-refractivity contribution in [2.45, 2.75) is 32.2 Å². The van der Waals surface area contributed by atoms with Gasteiger partial charge in [-0.2, -0.15) is 0 Å². The summed E-state index contributed by atoms with van der Waals surface area (Å²) in [5, 5.41) is 0. The monoisotopic (exact) mass is 248 g/mol. The van der Waals surface area contributed by atoms with Crippen molar-refractivity contribution in [3.05, 3.63) is 29.8 Å². The molecule has 0 spiro atoms. The van der Waals surface area contributed by atoms with E-state index >= 15 is 0 Å². The number of nitrogens with two attached hydrogens (primary N) is 1. The Morgan fingerprint density at radius 2 is 1.78 bits per heavy atom. The number of ether oxygens (including phenoxy) is 1. The first-order valence-electron chi connectivity index (χ1n) is 7.02. The topological polar surface area (TPSA) is 38.5 Å². The van der Waals surface area contributed by atoms with Gasteiger partial charge in [-0.05, 0) is 50.0 Å². The van der Waals surface area contributed by atoms with Gasteiger partial charge in [0.1, 0.15) is 5.75 Å². The smallest absolute Gasteiger partial charge is 0.119 e. The van der Waals surface area contributed by atoms with Gasteiger partial charge in [0.25, 0.3) is 0 Å². The molecule has 3 heteroatoms. The number of nitrogens with zero attached hydrogens (tertiary/aromatic N) is 1. The van der Waals surface area contributed by atoms with Crippen molar-refractivity contribution in [1.29, 1.82) is 0 Å². The maximum absolute atomic E-state index is 5.73. The molecule has 100 valence electrons. The molecule has 1 saturated heterocycles. The number of benzene rings is 1. The van der Waals surface area contributed by atoms with E-state index < -0.39 is 0 Å². The zero-order chi connectivity index (χ0) is 12.6. The van der Waals surface area contributed by atoms with E-state index in [-0.39, 0.29) is 0 Å². The molecular weight excluding hydrogens is 224 g/mol. The summed E-state index contributed by atoms with van der Waals surface area (Å²) in [4.78, 5) is 2.55. The average Bonchev–Trinajstić information content (AvgIpc) is 2.45. The van der Waals surface area contributed by atoms with Crippen molar-refractivity contribution in [3.63, 3.8) is 0 Å². The highest BCUT2D eigenvalue weighted by Crippen LogP contribution is 2.13. The first-order chi connectivity index (χ1) is 8.88. The Morgan fingerprint density at radius 1 is 1.06 bits per heavy atom. The average molecular weight is 248 g/mol. The Labute approximate surface area is 110 Å². The van der Waals surface area contributed by atoms with Crippen molar-refractivity contribution < 1.29 is 4.74 Å². The standard InChI is InChI=1S/C15H24N2O/c16-13-14-5-7-15(8-6-14)18-12-4-11-17-9-2-1-3-10-17/h5-8H,1-4,9-13,16H2. The van der Waals surface area contributed by atoms with Gasteiger partial charge < -0.3 is 15.4 Å². The second-order valence-electron chi connectivity index (χ2n) is 4.95. The van der Waals surface area contributed by atoms with Crippen LogP contribution < -0.4 is 10.5 Å². The summed E-state index contributed by atoms with van der Waals surface area (Å²) in [6.07, 6.45) is 5.24. The van der Waals surface area contributed by atoms with Crippen LogP contribution >= 0.6 is 0 Å². The number of likely N-dealkylation sites (tertiary alicyclic amines) is 1. The van der Waals surface area contributed by atoms with Crippen molar-refractivity contribution >= 4 is 0 Å². The molecule has 0 bridgehead atoms. The lowest BCUT2D eigenvalue weighted by atomic mass is 10.1. The minimum Gasteiger partial charge on any atom is -0.494 e. The van der Waals surface area contributed by atoms with Gasteiger partial charge in [-0.3, -0.25) is 0 Å². The molecule has 2 N–H and O–H groups in total. The van der Waals surface area contributed by atoms with E-state index in [1.807, 2.05) is 24.3 Å². The molecule has 3 nitrogen and oxygen atoms in total. The lowest BCUT2D eigenvalue weighted by molar-refractivity contribution is 0.205. The molecular formula is C15H24N2O. The SMILES string of the molecule is NCc1ccc(OCCCN2CCCCC2)cc1. The van der Waals surface area contributed by atoms with Crippen LogP contribution in [0.4, 0.5) is 0 Å². The van der Waals surface area contributed by atoms with Crippen molar-refractivity contribution in [1.82, 2.24) is 4.90 Å². The molecule has 2 rings (SSSR count). The Bertz CT molecular complexity index is 331. The minimum absolute atomic E-state index is 0.592. The van der Waals surface area contributed by atoms with E-state index in [2.05, 4.69) is 4.90 Å². The third kappa shape index (κ3) is 4.31. The maximum atomic E-state index is 5.73. The summed E-state index contributed by atoms with van der Waals surface area (Å²) in [6, 6.07) is 8.06. The van der Waals surface area contributed by atoms with Crippen LogP contribution in [0.15, 0.2) is 24.3 Å². The van der Waals surface area contributed by atoms with Crippen LogP contribution in [0.25, 0.3) is 0 Å². The van der Waals surface area contributed by atoms with E-state index in [1.54, 1.807) is 0 Å². The highest BCUT2D eigenvalue weighted by Gasteiger charge is 2.08. The fraction of sp³-hybridized carbons (Fsp3) is 0.600. The van der Waals surface area contributed by atoms with Gasteiger partial charge in [0, 0.05) is 13.1 Å². The van der Waals surface area contributed by atoms with Crippen molar-refractivity contribution in [2.24, 2.45) is 5.73 Å². The van der Waals surface area contributed by atoms with E-state index in [9.17, 15) is 0 Å². The zero-order valence-corrected chi connectivity index (χ0v) is 11.1. The highest BCUT2D eigenvalue weighted by atomic mass is 16.5. The number of hydrogen-bond acceptors (Lipinski definition) is 3. The predicted octanol–water partition coefficient (Wildman–Crippen LogP) is 2.40. The van der Waals surface area contributed by atoms with Gasteiger partial charge in [0.05, 0.1) is 6.61 Å². The molecule has 18 heavy (non-hydrogen) atoms. The summed E-state index contributed by atoms with van der Waals surface area (Å²) in [5.41, 5.74) is 6.71. The van der Waals surface area contributed by atoms with Crippen LogP contribution in [0.1, 0.15) is 31.2 Å². The number of piperidine rings is 1. The lowest BCUT2D eigenvalue weighted by Gasteiger charge is -2.26. The quantitative estimate of drug-likeness (QED) is 0.786. The molecule has 1 aromatic rings. The molecule has 0 atom stereocenters. The molecule has 0 radical (unpaired) electrons. The van der Waals surface area contributed by atoms with Crippen LogP contribution in [0.2, 0.25) is 0 Å². The highest BCUT2D eigenvalue weighted by molar-refractivity contribution is 5.26. The van der Waals surface area contributed by atoms with Gasteiger partial charge in [-0.15, -0.1) is 0 Å². The van der Waals surface area contributed by atoms with E-state index in [1.165, 1.54) is 38.9 Å². The van der Waals surface area contributed by atoms with Crippen molar-refractivity contribution in [3.8, 4) is 5.75 Å². The number of rotatable bonds is 6. The lowest BCUT2D eigenvalue weighted by Crippen LogP contribution is -2.31. The first-order valence-corrected chi connectivity index (χ1v) is 7.02. The summed E-state index contributed by atoms with van der Waals surface area (Å²) < 4.78 is 5.73. The van der Waals surface area contributed by atoms with Crippen LogP contribution in [0, 0.1) is 0 Å². The fourth-order valence-electron chi connectivity index (χ4n) is 2.38.